The van der Waals surface area contributed by atoms with Gasteiger partial charge in [-0.05, 0) is 61.4 Å². The van der Waals surface area contributed by atoms with Gasteiger partial charge in [0.1, 0.15) is 0 Å². The third-order valence-corrected chi connectivity index (χ3v) is 5.98. The highest BCUT2D eigenvalue weighted by Crippen LogP contribution is 2.53. The summed E-state index contributed by atoms with van der Waals surface area (Å²) in [6.45, 7) is 1.23. The fourth-order valence-electron chi connectivity index (χ4n) is 5.12. The van der Waals surface area contributed by atoms with Crippen LogP contribution in [0.3, 0.4) is 0 Å². The molecule has 1 aromatic carbocycles. The first-order valence-corrected chi connectivity index (χ1v) is 8.69. The molecule has 3 heteroatoms. The van der Waals surface area contributed by atoms with E-state index in [9.17, 15) is 0 Å². The summed E-state index contributed by atoms with van der Waals surface area (Å²) in [4.78, 5) is 0. The van der Waals surface area contributed by atoms with E-state index in [2.05, 4.69) is 34.0 Å². The molecule has 2 aliphatic carbocycles. The normalized spacial score (nSPS) is 30.8. The van der Waals surface area contributed by atoms with Crippen molar-refractivity contribution in [2.24, 2.45) is 5.92 Å². The van der Waals surface area contributed by atoms with E-state index in [4.69, 9.17) is 0 Å². The van der Waals surface area contributed by atoms with Crippen LogP contribution >= 0.6 is 12.4 Å². The van der Waals surface area contributed by atoms with E-state index in [1.165, 1.54) is 45.1 Å². The molecule has 1 N–H and O–H groups in total. The first-order chi connectivity index (χ1) is 10.9. The number of rotatable bonds is 0. The van der Waals surface area contributed by atoms with Crippen molar-refractivity contribution in [3.8, 4) is 0 Å². The van der Waals surface area contributed by atoms with Crippen molar-refractivity contribution < 1.29 is 4.42 Å². The molecule has 5 rings (SSSR count). The van der Waals surface area contributed by atoms with E-state index in [1.807, 2.05) is 12.1 Å². The van der Waals surface area contributed by atoms with Crippen LogP contribution in [-0.4, -0.2) is 12.6 Å². The predicted octanol–water partition coefficient (Wildman–Crippen LogP) is 4.73. The average Bonchev–Trinajstić information content (AvgIpc) is 3.15. The Hall–Kier alpha value is -1.25. The minimum atomic E-state index is 0. The molecule has 23 heavy (non-hydrogen) atoms. The lowest BCUT2D eigenvalue weighted by Crippen LogP contribution is -2.59. The second kappa shape index (κ2) is 7.11. The number of fused-ring (bicyclic) bond motifs is 1. The maximum atomic E-state index is 4.58. The standard InChI is InChI=1S/C16H21N.C4H4O.ClH/c1-2-6-13-12(5-1)11-15-14-7-3-4-8-16(13,14)9-10-17-15;1-2-4-5-3-1;/h1-2,5-6,14-15,17H,3-4,7-11H2;1-4H;1H/t14-,15+,16-;;/m0../s1. The number of piperidine rings is 1. The highest BCUT2D eigenvalue weighted by Gasteiger charge is 2.51. The molecule has 3 atom stereocenters. The second-order valence-electron chi connectivity index (χ2n) is 6.97. The quantitative estimate of drug-likeness (QED) is 0.754. The van der Waals surface area contributed by atoms with Crippen molar-refractivity contribution in [1.82, 2.24) is 5.32 Å². The van der Waals surface area contributed by atoms with Crippen molar-refractivity contribution >= 4 is 12.4 Å². The van der Waals surface area contributed by atoms with Crippen LogP contribution in [0, 0.1) is 5.92 Å². The Morgan fingerprint density at radius 2 is 1.83 bits per heavy atom. The lowest BCUT2D eigenvalue weighted by molar-refractivity contribution is 0.0798. The van der Waals surface area contributed by atoms with Crippen molar-refractivity contribution in [2.45, 2.75) is 50.0 Å². The van der Waals surface area contributed by atoms with Gasteiger partial charge >= 0.3 is 0 Å². The molecule has 1 aliphatic heterocycles. The Labute approximate surface area is 145 Å². The van der Waals surface area contributed by atoms with Gasteiger partial charge in [-0.3, -0.25) is 0 Å². The van der Waals surface area contributed by atoms with Gasteiger partial charge in [0, 0.05) is 11.5 Å². The van der Waals surface area contributed by atoms with Gasteiger partial charge in [-0.1, -0.05) is 37.1 Å². The van der Waals surface area contributed by atoms with Crippen LogP contribution in [0.15, 0.2) is 53.3 Å². The Bertz CT molecular complexity index is 591. The minimum Gasteiger partial charge on any atom is -0.473 e. The van der Waals surface area contributed by atoms with Crippen LogP contribution in [0.5, 0.6) is 0 Å². The molecule has 2 fully saturated rings. The van der Waals surface area contributed by atoms with Gasteiger partial charge in [-0.25, -0.2) is 0 Å². The Morgan fingerprint density at radius 1 is 1.00 bits per heavy atom. The molecule has 0 radical (unpaired) electrons. The zero-order valence-electron chi connectivity index (χ0n) is 13.5. The molecule has 124 valence electrons. The number of halogens is 1. The summed E-state index contributed by atoms with van der Waals surface area (Å²) in [5.41, 5.74) is 3.88. The summed E-state index contributed by atoms with van der Waals surface area (Å²) in [7, 11) is 0. The number of benzene rings is 1. The maximum Gasteiger partial charge on any atom is 0.0902 e. The van der Waals surface area contributed by atoms with E-state index in [0.717, 1.165) is 12.0 Å². The number of hydrogen-bond acceptors (Lipinski definition) is 2. The van der Waals surface area contributed by atoms with Crippen molar-refractivity contribution in [3.63, 3.8) is 0 Å². The van der Waals surface area contributed by atoms with E-state index >= 15 is 0 Å². The highest BCUT2D eigenvalue weighted by atomic mass is 35.5. The molecule has 3 aliphatic rings. The van der Waals surface area contributed by atoms with Crippen LogP contribution in [0.2, 0.25) is 0 Å². The van der Waals surface area contributed by atoms with E-state index in [0.29, 0.717) is 5.41 Å². The second-order valence-corrected chi connectivity index (χ2v) is 6.97. The van der Waals surface area contributed by atoms with E-state index < -0.39 is 0 Å². The van der Waals surface area contributed by atoms with Gasteiger partial charge in [-0.15, -0.1) is 12.4 Å². The van der Waals surface area contributed by atoms with Gasteiger partial charge in [0.05, 0.1) is 12.5 Å². The number of nitrogens with one attached hydrogen (secondary N) is 1. The van der Waals surface area contributed by atoms with Gasteiger partial charge < -0.3 is 9.73 Å². The lowest BCUT2D eigenvalue weighted by Gasteiger charge is -2.56. The molecule has 2 aromatic rings. The van der Waals surface area contributed by atoms with Crippen LogP contribution in [-0.2, 0) is 11.8 Å². The molecule has 1 saturated carbocycles. The summed E-state index contributed by atoms with van der Waals surface area (Å²) in [5, 5.41) is 3.79. The first-order valence-electron chi connectivity index (χ1n) is 8.69. The minimum absolute atomic E-state index is 0. The third kappa shape index (κ3) is 2.95. The molecule has 2 bridgehead atoms. The summed E-state index contributed by atoms with van der Waals surface area (Å²) >= 11 is 0. The van der Waals surface area contributed by atoms with Crippen LogP contribution < -0.4 is 5.32 Å². The largest absolute Gasteiger partial charge is 0.473 e. The molecular weight excluding hydrogens is 306 g/mol. The molecule has 0 amide bonds. The number of furan rings is 1. The zero-order valence-corrected chi connectivity index (χ0v) is 14.4. The van der Waals surface area contributed by atoms with Crippen molar-refractivity contribution in [1.29, 1.82) is 0 Å². The monoisotopic (exact) mass is 331 g/mol. The highest BCUT2D eigenvalue weighted by molar-refractivity contribution is 5.85. The fourth-order valence-corrected chi connectivity index (χ4v) is 5.12. The molecule has 2 heterocycles. The summed E-state index contributed by atoms with van der Waals surface area (Å²) < 4.78 is 4.58. The maximum absolute atomic E-state index is 4.58. The first kappa shape index (κ1) is 16.6. The van der Waals surface area contributed by atoms with Crippen LogP contribution in [0.1, 0.15) is 43.2 Å². The molecular formula is C20H26ClNO. The van der Waals surface area contributed by atoms with Crippen LogP contribution in [0.25, 0.3) is 0 Å². The SMILES string of the molecule is Cl.c1ccc2c(c1)C[C@H]1NCC[C@@]23CCCC[C@@H]13.c1ccoc1. The third-order valence-electron chi connectivity index (χ3n) is 5.98. The van der Waals surface area contributed by atoms with Crippen LogP contribution in [0.4, 0.5) is 0 Å². The topological polar surface area (TPSA) is 25.2 Å². The smallest absolute Gasteiger partial charge is 0.0902 e. The van der Waals surface area contributed by atoms with Gasteiger partial charge in [-0.2, -0.15) is 0 Å². The molecule has 1 saturated heterocycles. The lowest BCUT2D eigenvalue weighted by atomic mass is 9.53. The molecule has 0 spiro atoms. The molecule has 1 aromatic heterocycles. The van der Waals surface area contributed by atoms with E-state index in [1.54, 1.807) is 23.7 Å². The van der Waals surface area contributed by atoms with Crippen molar-refractivity contribution in [2.75, 3.05) is 6.54 Å². The van der Waals surface area contributed by atoms with Gasteiger partial charge in [0.25, 0.3) is 0 Å². The predicted molar refractivity (Wildman–Crippen MR) is 96.1 cm³/mol. The Morgan fingerprint density at radius 3 is 2.61 bits per heavy atom. The average molecular weight is 332 g/mol. The zero-order chi connectivity index (χ0) is 14.8. The molecule has 2 nitrogen and oxygen atoms in total. The van der Waals surface area contributed by atoms with Gasteiger partial charge in [0.2, 0.25) is 0 Å². The van der Waals surface area contributed by atoms with Gasteiger partial charge in [0.15, 0.2) is 0 Å². The van der Waals surface area contributed by atoms with E-state index in [-0.39, 0.29) is 12.4 Å². The fraction of sp³-hybridized carbons (Fsp3) is 0.500. The molecule has 0 unspecified atom stereocenters. The summed E-state index contributed by atoms with van der Waals surface area (Å²) in [6, 6.07) is 13.7. The summed E-state index contributed by atoms with van der Waals surface area (Å²) in [6.07, 6.45) is 11.7. The Kier molecular flexibility index (Phi) is 5.13. The summed E-state index contributed by atoms with van der Waals surface area (Å²) in [5.74, 6) is 0.917. The number of hydrogen-bond donors (Lipinski definition) is 1. The van der Waals surface area contributed by atoms with Crippen molar-refractivity contribution in [3.05, 3.63) is 60.1 Å². The Balaban J connectivity index is 0.000000226.